The van der Waals surface area contributed by atoms with Crippen LogP contribution in [-0.2, 0) is 0 Å². The smallest absolute Gasteiger partial charge is 0.323 e. The number of aromatic nitrogens is 1. The van der Waals surface area contributed by atoms with Crippen molar-refractivity contribution in [2.45, 2.75) is 0 Å². The molecular formula is C27H21N5O4. The number of anilines is 4. The van der Waals surface area contributed by atoms with Crippen LogP contribution in [0.4, 0.5) is 33.2 Å². The number of ether oxygens (including phenoxy) is 1. The highest BCUT2D eigenvalue weighted by atomic mass is 16.6. The summed E-state index contributed by atoms with van der Waals surface area (Å²) in [6.45, 7) is 0. The highest BCUT2D eigenvalue weighted by molar-refractivity contribution is 6.09. The number of methoxy groups -OCH3 is 1. The summed E-state index contributed by atoms with van der Waals surface area (Å²) in [5.74, 6) is 0.664. The number of carbonyl (C=O) groups is 1. The van der Waals surface area contributed by atoms with Crippen molar-refractivity contribution in [3.63, 3.8) is 0 Å². The number of urea groups is 1. The molecule has 0 radical (unpaired) electrons. The molecule has 1 heterocycles. The summed E-state index contributed by atoms with van der Waals surface area (Å²) in [6, 6.07) is 26.1. The molecule has 0 bridgehead atoms. The van der Waals surface area contributed by atoms with Crippen LogP contribution in [-0.4, -0.2) is 23.0 Å². The largest absolute Gasteiger partial charge is 0.497 e. The fraction of sp³-hybridized carbons (Fsp3) is 0.0370. The number of nitro benzene ring substituents is 1. The average Bonchev–Trinajstić information content (AvgIpc) is 2.89. The molecule has 0 fully saturated rings. The summed E-state index contributed by atoms with van der Waals surface area (Å²) in [4.78, 5) is 27.8. The Morgan fingerprint density at radius 3 is 2.19 bits per heavy atom. The van der Waals surface area contributed by atoms with E-state index in [4.69, 9.17) is 4.74 Å². The number of amides is 2. The van der Waals surface area contributed by atoms with Gasteiger partial charge in [0.2, 0.25) is 0 Å². The second-order valence-corrected chi connectivity index (χ2v) is 7.98. The number of non-ortho nitro benzene ring substituents is 1. The lowest BCUT2D eigenvalue weighted by atomic mass is 10.1. The Morgan fingerprint density at radius 2 is 1.50 bits per heavy atom. The van der Waals surface area contributed by atoms with Gasteiger partial charge in [0.15, 0.2) is 0 Å². The van der Waals surface area contributed by atoms with Crippen molar-refractivity contribution < 1.29 is 14.5 Å². The molecule has 178 valence electrons. The van der Waals surface area contributed by atoms with Gasteiger partial charge in [-0.1, -0.05) is 18.2 Å². The standard InChI is InChI=1S/C27H21N5O4/c1-36-21-12-14-24-23(16-21)26(22-13-11-20(32(34)35)15-25(22)31-24)28-18-7-9-19(10-8-18)30-27(33)29-17-5-3-2-4-6-17/h2-16H,1H3,(H,28,31)(H2,29,30,33). The number of hydrogen-bond donors (Lipinski definition) is 3. The Bertz CT molecular complexity index is 1590. The predicted octanol–water partition coefficient (Wildman–Crippen LogP) is 6.69. The number of rotatable bonds is 6. The molecule has 36 heavy (non-hydrogen) atoms. The number of fused-ring (bicyclic) bond motifs is 2. The number of nitrogens with zero attached hydrogens (tertiary/aromatic N) is 2. The molecule has 0 atom stereocenters. The van der Waals surface area contributed by atoms with Gasteiger partial charge < -0.3 is 20.7 Å². The van der Waals surface area contributed by atoms with Crippen molar-refractivity contribution in [1.82, 2.24) is 4.98 Å². The molecule has 4 aromatic carbocycles. The van der Waals surface area contributed by atoms with E-state index in [2.05, 4.69) is 20.9 Å². The highest BCUT2D eigenvalue weighted by Crippen LogP contribution is 2.36. The van der Waals surface area contributed by atoms with Gasteiger partial charge in [-0.25, -0.2) is 9.78 Å². The minimum Gasteiger partial charge on any atom is -0.497 e. The van der Waals surface area contributed by atoms with E-state index in [0.717, 1.165) is 22.1 Å². The third-order valence-electron chi connectivity index (χ3n) is 5.62. The second kappa shape index (κ2) is 9.59. The molecule has 5 aromatic rings. The SMILES string of the molecule is COc1ccc2nc3cc([N+](=O)[O-])ccc3c(Nc3ccc(NC(=O)Nc4ccccc4)cc3)c2c1. The molecule has 0 saturated heterocycles. The third-order valence-corrected chi connectivity index (χ3v) is 5.62. The first kappa shape index (κ1) is 22.6. The molecule has 1 aromatic heterocycles. The summed E-state index contributed by atoms with van der Waals surface area (Å²) in [6.07, 6.45) is 0. The fourth-order valence-corrected chi connectivity index (χ4v) is 3.88. The van der Waals surface area contributed by atoms with Gasteiger partial charge in [-0.3, -0.25) is 10.1 Å². The van der Waals surface area contributed by atoms with Crippen LogP contribution >= 0.6 is 0 Å². The van der Waals surface area contributed by atoms with Crippen molar-refractivity contribution in [2.24, 2.45) is 0 Å². The average molecular weight is 479 g/mol. The molecule has 0 aliphatic rings. The molecule has 0 spiro atoms. The maximum absolute atomic E-state index is 12.3. The summed E-state index contributed by atoms with van der Waals surface area (Å²) in [5, 5.41) is 21.8. The van der Waals surface area contributed by atoms with Gasteiger partial charge in [0.1, 0.15) is 5.75 Å². The first-order valence-corrected chi connectivity index (χ1v) is 11.1. The molecule has 9 heteroatoms. The van der Waals surface area contributed by atoms with Crippen LogP contribution in [0.25, 0.3) is 21.8 Å². The Hall–Kier alpha value is -5.18. The summed E-state index contributed by atoms with van der Waals surface area (Å²) in [5.41, 5.74) is 3.96. The molecule has 0 aliphatic heterocycles. The van der Waals surface area contributed by atoms with E-state index in [0.29, 0.717) is 28.2 Å². The zero-order valence-corrected chi connectivity index (χ0v) is 19.2. The molecule has 9 nitrogen and oxygen atoms in total. The van der Waals surface area contributed by atoms with Crippen molar-refractivity contribution in [1.29, 1.82) is 0 Å². The van der Waals surface area contributed by atoms with E-state index in [-0.39, 0.29) is 11.7 Å². The summed E-state index contributed by atoms with van der Waals surface area (Å²) in [7, 11) is 1.59. The van der Waals surface area contributed by atoms with Crippen molar-refractivity contribution >= 4 is 56.3 Å². The first-order valence-electron chi connectivity index (χ1n) is 11.1. The number of nitro groups is 1. The van der Waals surface area contributed by atoms with E-state index in [1.807, 2.05) is 42.5 Å². The molecule has 0 unspecified atom stereocenters. The Balaban J connectivity index is 1.46. The van der Waals surface area contributed by atoms with Gasteiger partial charge in [0.05, 0.1) is 28.8 Å². The lowest BCUT2D eigenvalue weighted by Crippen LogP contribution is -2.19. The van der Waals surface area contributed by atoms with Crippen LogP contribution in [0.2, 0.25) is 0 Å². The summed E-state index contributed by atoms with van der Waals surface area (Å²) < 4.78 is 5.39. The topological polar surface area (TPSA) is 118 Å². The van der Waals surface area contributed by atoms with Crippen LogP contribution in [0, 0.1) is 10.1 Å². The van der Waals surface area contributed by atoms with E-state index >= 15 is 0 Å². The van der Waals surface area contributed by atoms with Gasteiger partial charge in [-0.2, -0.15) is 0 Å². The van der Waals surface area contributed by atoms with Gasteiger partial charge >= 0.3 is 6.03 Å². The Kier molecular flexibility index (Phi) is 6.02. The maximum atomic E-state index is 12.3. The van der Waals surface area contributed by atoms with Crippen molar-refractivity contribution in [3.05, 3.63) is 101 Å². The number of pyridine rings is 1. The van der Waals surface area contributed by atoms with E-state index in [1.54, 1.807) is 43.5 Å². The molecule has 0 saturated carbocycles. The van der Waals surface area contributed by atoms with Crippen LogP contribution in [0.15, 0.2) is 91.0 Å². The van der Waals surface area contributed by atoms with Crippen LogP contribution in [0.5, 0.6) is 5.75 Å². The minimum atomic E-state index is -0.438. The lowest BCUT2D eigenvalue weighted by molar-refractivity contribution is -0.384. The zero-order valence-electron chi connectivity index (χ0n) is 19.2. The van der Waals surface area contributed by atoms with Crippen molar-refractivity contribution in [3.8, 4) is 5.75 Å². The predicted molar refractivity (Wildman–Crippen MR) is 141 cm³/mol. The van der Waals surface area contributed by atoms with E-state index in [1.165, 1.54) is 12.1 Å². The van der Waals surface area contributed by atoms with Gasteiger partial charge in [0.25, 0.3) is 5.69 Å². The normalized spacial score (nSPS) is 10.7. The molecular weight excluding hydrogens is 458 g/mol. The maximum Gasteiger partial charge on any atom is 0.323 e. The number of hydrogen-bond acceptors (Lipinski definition) is 6. The van der Waals surface area contributed by atoms with Gasteiger partial charge in [-0.15, -0.1) is 0 Å². The highest BCUT2D eigenvalue weighted by Gasteiger charge is 2.14. The molecule has 5 rings (SSSR count). The Labute approximate surface area is 205 Å². The second-order valence-electron chi connectivity index (χ2n) is 7.98. The lowest BCUT2D eigenvalue weighted by Gasteiger charge is -2.15. The van der Waals surface area contributed by atoms with Gasteiger partial charge in [-0.05, 0) is 60.7 Å². The fourth-order valence-electron chi connectivity index (χ4n) is 3.88. The molecule has 0 aliphatic carbocycles. The molecule has 2 amide bonds. The van der Waals surface area contributed by atoms with Crippen LogP contribution in [0.3, 0.4) is 0 Å². The summed E-state index contributed by atoms with van der Waals surface area (Å²) >= 11 is 0. The minimum absolute atomic E-state index is 0.0296. The third kappa shape index (κ3) is 4.71. The van der Waals surface area contributed by atoms with Gasteiger partial charge in [0, 0.05) is 40.0 Å². The Morgan fingerprint density at radius 1 is 0.806 bits per heavy atom. The van der Waals surface area contributed by atoms with E-state index in [9.17, 15) is 14.9 Å². The monoisotopic (exact) mass is 479 g/mol. The number of benzene rings is 4. The van der Waals surface area contributed by atoms with Crippen molar-refractivity contribution in [2.75, 3.05) is 23.1 Å². The quantitative estimate of drug-likeness (QED) is 0.142. The number of nitrogens with one attached hydrogen (secondary N) is 3. The number of para-hydroxylation sites is 1. The van der Waals surface area contributed by atoms with Crippen LogP contribution in [0.1, 0.15) is 0 Å². The zero-order chi connectivity index (χ0) is 25.1. The number of carbonyl (C=O) groups excluding carboxylic acids is 1. The van der Waals surface area contributed by atoms with Crippen LogP contribution < -0.4 is 20.7 Å². The first-order chi connectivity index (χ1) is 17.5. The molecule has 3 N–H and O–H groups in total. The van der Waals surface area contributed by atoms with E-state index < -0.39 is 4.92 Å².